The Balaban J connectivity index is 1.58. The number of phenols is 1. The highest BCUT2D eigenvalue weighted by molar-refractivity contribution is 5.80. The Morgan fingerprint density at radius 3 is 2.75 bits per heavy atom. The topological polar surface area (TPSA) is 96.7 Å². The molecule has 1 unspecified atom stereocenters. The van der Waals surface area contributed by atoms with Gasteiger partial charge in [0.1, 0.15) is 22.9 Å². The predicted molar refractivity (Wildman–Crippen MR) is 113 cm³/mol. The third kappa shape index (κ3) is 3.59. The molecule has 3 heterocycles. The second kappa shape index (κ2) is 7.21. The summed E-state index contributed by atoms with van der Waals surface area (Å²) in [7, 11) is 0. The number of phenolic OH excluding ortho intramolecular Hbond substituents is 1. The van der Waals surface area contributed by atoms with Gasteiger partial charge >= 0.3 is 6.09 Å². The Kier molecular flexibility index (Phi) is 4.69. The van der Waals surface area contributed by atoms with Gasteiger partial charge in [-0.05, 0) is 51.2 Å². The summed E-state index contributed by atoms with van der Waals surface area (Å²) in [5.74, 6) is -0.440. The van der Waals surface area contributed by atoms with E-state index in [0.717, 1.165) is 24.1 Å². The third-order valence-corrected chi connectivity index (χ3v) is 6.18. The van der Waals surface area contributed by atoms with Crippen molar-refractivity contribution in [1.82, 2.24) is 20.0 Å². The van der Waals surface area contributed by atoms with Gasteiger partial charge in [-0.25, -0.2) is 13.9 Å². The number of benzene rings is 1. The molecule has 2 amide bonds. The molecule has 2 aliphatic heterocycles. The maximum absolute atomic E-state index is 14.8. The van der Waals surface area contributed by atoms with E-state index >= 15 is 0 Å². The van der Waals surface area contributed by atoms with E-state index in [1.807, 2.05) is 0 Å². The summed E-state index contributed by atoms with van der Waals surface area (Å²) in [4.78, 5) is 26.8. The fraction of sp³-hybridized carbons (Fsp3) is 0.522. The molecule has 5 rings (SSSR count). The number of nitrogens with one attached hydrogen (secondary N) is 1. The number of carbonyl (C=O) groups is 2. The Bertz CT molecular complexity index is 1120. The lowest BCUT2D eigenvalue weighted by Gasteiger charge is -2.36. The summed E-state index contributed by atoms with van der Waals surface area (Å²) >= 11 is 0. The number of hydrogen-bond acceptors (Lipinski definition) is 5. The smallest absolute Gasteiger partial charge is 0.410 e. The minimum atomic E-state index is -0.648. The van der Waals surface area contributed by atoms with Crippen molar-refractivity contribution in [3.8, 4) is 11.4 Å². The molecule has 1 saturated carbocycles. The quantitative estimate of drug-likeness (QED) is 0.745. The van der Waals surface area contributed by atoms with Gasteiger partial charge < -0.3 is 15.2 Å². The van der Waals surface area contributed by atoms with Crippen LogP contribution in [-0.4, -0.2) is 50.5 Å². The van der Waals surface area contributed by atoms with Crippen molar-refractivity contribution in [3.63, 3.8) is 0 Å². The molecule has 8 nitrogen and oxygen atoms in total. The zero-order chi connectivity index (χ0) is 22.8. The van der Waals surface area contributed by atoms with Crippen LogP contribution in [-0.2, 0) is 22.4 Å². The Morgan fingerprint density at radius 1 is 1.31 bits per heavy atom. The van der Waals surface area contributed by atoms with Crippen molar-refractivity contribution in [2.45, 2.75) is 64.0 Å². The number of amides is 2. The van der Waals surface area contributed by atoms with Gasteiger partial charge in [-0.3, -0.25) is 9.69 Å². The second-order valence-electron chi connectivity index (χ2n) is 9.78. The molecule has 2 N–H and O–H groups in total. The predicted octanol–water partition coefficient (Wildman–Crippen LogP) is 3.10. The standard InChI is InChI=1S/C23H27FN4O4/c1-23(2,3)32-22(31)27-7-6-16-21-15(10-20(30)25-11-18(21)27)26-28(16)17-9-14(24)13(8-19(17)29)12-4-5-12/h8-9,12,18,29H,4-7,10-11H2,1-3H3,(H,25,30). The molecule has 0 spiro atoms. The van der Waals surface area contributed by atoms with E-state index in [9.17, 15) is 19.1 Å². The van der Waals surface area contributed by atoms with Gasteiger partial charge in [0.2, 0.25) is 5.91 Å². The first-order chi connectivity index (χ1) is 15.1. The number of carbonyl (C=O) groups excluding carboxylic acids is 2. The number of nitrogens with zero attached hydrogens (tertiary/aromatic N) is 3. The minimum absolute atomic E-state index is 0.0437. The van der Waals surface area contributed by atoms with Crippen LogP contribution in [0.5, 0.6) is 5.75 Å². The molecule has 3 aliphatic rings. The van der Waals surface area contributed by atoms with Crippen LogP contribution >= 0.6 is 0 Å². The lowest BCUT2D eigenvalue weighted by molar-refractivity contribution is -0.120. The summed E-state index contributed by atoms with van der Waals surface area (Å²) in [5.41, 5.74) is 2.20. The summed E-state index contributed by atoms with van der Waals surface area (Å²) in [6.45, 7) is 6.02. The molecular weight excluding hydrogens is 415 g/mol. The summed E-state index contributed by atoms with van der Waals surface area (Å²) in [6, 6.07) is 2.37. The van der Waals surface area contributed by atoms with Gasteiger partial charge in [-0.2, -0.15) is 5.10 Å². The first kappa shape index (κ1) is 20.8. The van der Waals surface area contributed by atoms with Crippen molar-refractivity contribution in [2.24, 2.45) is 0 Å². The van der Waals surface area contributed by atoms with E-state index < -0.39 is 17.7 Å². The number of halogens is 1. The van der Waals surface area contributed by atoms with E-state index in [2.05, 4.69) is 10.4 Å². The minimum Gasteiger partial charge on any atom is -0.506 e. The van der Waals surface area contributed by atoms with E-state index in [0.29, 0.717) is 24.2 Å². The van der Waals surface area contributed by atoms with Gasteiger partial charge in [-0.1, -0.05) is 0 Å². The highest BCUT2D eigenvalue weighted by Gasteiger charge is 2.40. The van der Waals surface area contributed by atoms with Crippen molar-refractivity contribution in [2.75, 3.05) is 13.1 Å². The molecule has 9 heteroatoms. The Morgan fingerprint density at radius 2 is 2.06 bits per heavy atom. The lowest BCUT2D eigenvalue weighted by Crippen LogP contribution is -2.46. The van der Waals surface area contributed by atoms with Crippen LogP contribution in [0.2, 0.25) is 0 Å². The molecule has 1 aromatic heterocycles. The molecule has 32 heavy (non-hydrogen) atoms. The van der Waals surface area contributed by atoms with Gasteiger partial charge in [0.15, 0.2) is 0 Å². The van der Waals surface area contributed by atoms with Crippen molar-refractivity contribution in [3.05, 3.63) is 40.5 Å². The number of aromatic hydroxyl groups is 1. The van der Waals surface area contributed by atoms with Gasteiger partial charge in [0.25, 0.3) is 0 Å². The normalized spacial score (nSPS) is 20.4. The molecule has 0 radical (unpaired) electrons. The maximum atomic E-state index is 14.8. The van der Waals surface area contributed by atoms with Crippen LogP contribution in [0.1, 0.15) is 68.1 Å². The first-order valence-corrected chi connectivity index (χ1v) is 11.0. The molecule has 2 aromatic rings. The number of hydrogen-bond donors (Lipinski definition) is 2. The van der Waals surface area contributed by atoms with Crippen molar-refractivity contribution >= 4 is 12.0 Å². The van der Waals surface area contributed by atoms with Crippen LogP contribution in [0.15, 0.2) is 12.1 Å². The summed E-state index contributed by atoms with van der Waals surface area (Å²) < 4.78 is 21.9. The third-order valence-electron chi connectivity index (χ3n) is 6.18. The number of rotatable bonds is 2. The number of ether oxygens (including phenoxy) is 1. The maximum Gasteiger partial charge on any atom is 0.410 e. The average Bonchev–Trinajstić information content (AvgIpc) is 3.50. The SMILES string of the molecule is CC(C)(C)OC(=O)N1CCc2c3c(nn2-c2cc(F)c(C4CC4)cc2O)CC(=O)NCC31. The Hall–Kier alpha value is -3.10. The van der Waals surface area contributed by atoms with Crippen LogP contribution in [0, 0.1) is 5.82 Å². The molecule has 0 bridgehead atoms. The van der Waals surface area contributed by atoms with Gasteiger partial charge in [0, 0.05) is 31.1 Å². The van der Waals surface area contributed by atoms with E-state index in [1.54, 1.807) is 25.7 Å². The summed E-state index contributed by atoms with van der Waals surface area (Å²) in [6.07, 6.45) is 1.89. The second-order valence-corrected chi connectivity index (χ2v) is 9.78. The summed E-state index contributed by atoms with van der Waals surface area (Å²) in [5, 5.41) is 18.1. The zero-order valence-corrected chi connectivity index (χ0v) is 18.4. The Labute approximate surface area is 185 Å². The number of aromatic nitrogens is 2. The van der Waals surface area contributed by atoms with E-state index in [-0.39, 0.29) is 42.0 Å². The van der Waals surface area contributed by atoms with Gasteiger partial charge in [-0.15, -0.1) is 0 Å². The molecule has 1 atom stereocenters. The first-order valence-electron chi connectivity index (χ1n) is 11.0. The van der Waals surface area contributed by atoms with Crippen molar-refractivity contribution < 1.29 is 23.8 Å². The van der Waals surface area contributed by atoms with Crippen LogP contribution in [0.3, 0.4) is 0 Å². The monoisotopic (exact) mass is 442 g/mol. The van der Waals surface area contributed by atoms with Crippen LogP contribution in [0.25, 0.3) is 5.69 Å². The van der Waals surface area contributed by atoms with Gasteiger partial charge in [0.05, 0.1) is 23.9 Å². The average molecular weight is 442 g/mol. The van der Waals surface area contributed by atoms with Crippen LogP contribution < -0.4 is 5.32 Å². The molecule has 1 aromatic carbocycles. The molecule has 170 valence electrons. The highest BCUT2D eigenvalue weighted by Crippen LogP contribution is 2.44. The highest BCUT2D eigenvalue weighted by atomic mass is 19.1. The lowest BCUT2D eigenvalue weighted by atomic mass is 9.96. The molecule has 1 aliphatic carbocycles. The van der Waals surface area contributed by atoms with Crippen molar-refractivity contribution in [1.29, 1.82) is 0 Å². The fourth-order valence-corrected chi connectivity index (χ4v) is 4.63. The molecular formula is C23H27FN4O4. The van der Waals surface area contributed by atoms with E-state index in [4.69, 9.17) is 4.74 Å². The zero-order valence-electron chi connectivity index (χ0n) is 18.4. The largest absolute Gasteiger partial charge is 0.506 e. The molecule has 1 fully saturated rings. The van der Waals surface area contributed by atoms with Crippen LogP contribution in [0.4, 0.5) is 9.18 Å². The molecule has 0 saturated heterocycles. The fourth-order valence-electron chi connectivity index (χ4n) is 4.63. The van der Waals surface area contributed by atoms with E-state index in [1.165, 1.54) is 16.8 Å².